The maximum absolute atomic E-state index is 12.9. The van der Waals surface area contributed by atoms with E-state index in [4.69, 9.17) is 11.6 Å². The Balaban J connectivity index is 1.41. The van der Waals surface area contributed by atoms with E-state index in [1.54, 1.807) is 30.3 Å². The number of carbonyl (C=O) groups excluding carboxylic acids is 1. The Hall–Kier alpha value is -4.23. The summed E-state index contributed by atoms with van der Waals surface area (Å²) in [6.07, 6.45) is 2.69. The molecule has 156 valence electrons. The molecule has 0 fully saturated rings. The highest BCUT2D eigenvalue weighted by Crippen LogP contribution is 2.20. The van der Waals surface area contributed by atoms with Crippen LogP contribution in [0.2, 0.25) is 5.02 Å². The Bertz CT molecular complexity index is 1490. The number of rotatable bonds is 4. The number of benzene rings is 3. The minimum absolute atomic E-state index is 0.271. The highest BCUT2D eigenvalue weighted by Gasteiger charge is 2.14. The van der Waals surface area contributed by atoms with Crippen molar-refractivity contribution in [1.29, 1.82) is 0 Å². The molecule has 5 rings (SSSR count). The van der Waals surface area contributed by atoms with Crippen molar-refractivity contribution in [3.63, 3.8) is 0 Å². The van der Waals surface area contributed by atoms with E-state index >= 15 is 0 Å². The lowest BCUT2D eigenvalue weighted by Gasteiger charge is -2.09. The summed E-state index contributed by atoms with van der Waals surface area (Å²) in [7, 11) is 0. The summed E-state index contributed by atoms with van der Waals surface area (Å²) in [5, 5.41) is 5.07. The fourth-order valence-corrected chi connectivity index (χ4v) is 3.59. The Morgan fingerprint density at radius 3 is 2.41 bits per heavy atom. The summed E-state index contributed by atoms with van der Waals surface area (Å²) < 4.78 is 2.58. The van der Waals surface area contributed by atoms with Crippen LogP contribution in [-0.2, 0) is 0 Å². The molecule has 3 aromatic carbocycles. The summed E-state index contributed by atoms with van der Waals surface area (Å²) in [5.74, 6) is -0.421. The molecule has 2 aromatic heterocycles. The van der Waals surface area contributed by atoms with Gasteiger partial charge in [0, 0.05) is 10.6 Å². The highest BCUT2D eigenvalue weighted by atomic mass is 35.5. The number of nitrogens with zero attached hydrogens (tertiary/aromatic N) is 4. The van der Waals surface area contributed by atoms with Crippen molar-refractivity contribution < 1.29 is 4.79 Å². The van der Waals surface area contributed by atoms with E-state index in [2.05, 4.69) is 15.5 Å². The van der Waals surface area contributed by atoms with Gasteiger partial charge in [-0.2, -0.15) is 5.10 Å². The van der Waals surface area contributed by atoms with Gasteiger partial charge >= 0.3 is 0 Å². The van der Waals surface area contributed by atoms with Gasteiger partial charge in [0.1, 0.15) is 11.7 Å². The van der Waals surface area contributed by atoms with Crippen molar-refractivity contribution in [2.45, 2.75) is 0 Å². The second kappa shape index (κ2) is 8.13. The third-order valence-electron chi connectivity index (χ3n) is 5.02. The van der Waals surface area contributed by atoms with Gasteiger partial charge < -0.3 is 0 Å². The predicted molar refractivity (Wildman–Crippen MR) is 124 cm³/mol. The van der Waals surface area contributed by atoms with Crippen LogP contribution in [0.5, 0.6) is 0 Å². The van der Waals surface area contributed by atoms with E-state index in [0.29, 0.717) is 21.9 Å². The Morgan fingerprint density at radius 2 is 1.66 bits per heavy atom. The summed E-state index contributed by atoms with van der Waals surface area (Å²) >= 11 is 6.05. The van der Waals surface area contributed by atoms with Crippen LogP contribution in [0.4, 0.5) is 0 Å². The van der Waals surface area contributed by atoms with E-state index in [1.165, 1.54) is 17.2 Å². The van der Waals surface area contributed by atoms with Crippen LogP contribution >= 0.6 is 11.6 Å². The fraction of sp³-hybridized carbons (Fsp3) is 0. The Morgan fingerprint density at radius 1 is 0.906 bits per heavy atom. The predicted octanol–water partition coefficient (Wildman–Crippen LogP) is 4.29. The van der Waals surface area contributed by atoms with Crippen molar-refractivity contribution in [3.05, 3.63) is 112 Å². The van der Waals surface area contributed by atoms with Gasteiger partial charge in [0.15, 0.2) is 5.65 Å². The molecule has 7 nitrogen and oxygen atoms in total. The van der Waals surface area contributed by atoms with Gasteiger partial charge in [-0.05, 0) is 41.5 Å². The monoisotopic (exact) mass is 441 g/mol. The first-order chi connectivity index (χ1) is 15.6. The van der Waals surface area contributed by atoms with Gasteiger partial charge in [0.2, 0.25) is 0 Å². The van der Waals surface area contributed by atoms with Crippen LogP contribution in [0, 0.1) is 0 Å². The standard InChI is InChI=1S/C24H16ClN5O2/c25-19-7-4-8-20(13-19)30-22-21(14-27-30)24(32)29(15-26-22)28-23(31)18-11-9-17(10-12-18)16-5-2-1-3-6-16/h1-15H,(H,28,31). The second-order valence-corrected chi connectivity index (χ2v) is 7.51. The molecule has 2 heterocycles. The molecular weight excluding hydrogens is 426 g/mol. The molecule has 32 heavy (non-hydrogen) atoms. The zero-order valence-corrected chi connectivity index (χ0v) is 17.4. The molecule has 0 aliphatic carbocycles. The van der Waals surface area contributed by atoms with Crippen molar-refractivity contribution in [3.8, 4) is 16.8 Å². The van der Waals surface area contributed by atoms with Crippen molar-refractivity contribution >= 4 is 28.5 Å². The summed E-state index contributed by atoms with van der Waals surface area (Å²) in [5.41, 5.74) is 5.67. The van der Waals surface area contributed by atoms with E-state index in [-0.39, 0.29) is 5.39 Å². The lowest BCUT2D eigenvalue weighted by Crippen LogP contribution is -2.33. The maximum Gasteiger partial charge on any atom is 0.283 e. The third kappa shape index (κ3) is 3.66. The first-order valence-corrected chi connectivity index (χ1v) is 10.2. The minimum atomic E-state index is -0.433. The normalized spacial score (nSPS) is 10.9. The molecule has 0 saturated carbocycles. The zero-order chi connectivity index (χ0) is 22.1. The molecular formula is C24H16ClN5O2. The van der Waals surface area contributed by atoms with Crippen LogP contribution in [0.25, 0.3) is 27.8 Å². The number of hydrogen-bond acceptors (Lipinski definition) is 4. The molecule has 0 atom stereocenters. The van der Waals surface area contributed by atoms with E-state index < -0.39 is 11.5 Å². The average molecular weight is 442 g/mol. The smallest absolute Gasteiger partial charge is 0.267 e. The van der Waals surface area contributed by atoms with Crippen molar-refractivity contribution in [1.82, 2.24) is 19.4 Å². The summed E-state index contributed by atoms with van der Waals surface area (Å²) in [4.78, 5) is 29.9. The molecule has 0 aliphatic rings. The minimum Gasteiger partial charge on any atom is -0.267 e. The van der Waals surface area contributed by atoms with Crippen molar-refractivity contribution in [2.24, 2.45) is 0 Å². The first kappa shape index (κ1) is 19.7. The van der Waals surface area contributed by atoms with Crippen LogP contribution in [-0.4, -0.2) is 25.3 Å². The Labute approximate surface area is 187 Å². The molecule has 0 unspecified atom stereocenters. The fourth-order valence-electron chi connectivity index (χ4n) is 3.41. The Kier molecular flexibility index (Phi) is 5.01. The topological polar surface area (TPSA) is 81.8 Å². The van der Waals surface area contributed by atoms with Gasteiger partial charge in [-0.15, -0.1) is 0 Å². The van der Waals surface area contributed by atoms with E-state index in [0.717, 1.165) is 15.8 Å². The number of nitrogens with one attached hydrogen (secondary N) is 1. The van der Waals surface area contributed by atoms with E-state index in [1.807, 2.05) is 48.5 Å². The second-order valence-electron chi connectivity index (χ2n) is 7.08. The van der Waals surface area contributed by atoms with Gasteiger partial charge in [-0.25, -0.2) is 14.3 Å². The number of carbonyl (C=O) groups is 1. The largest absolute Gasteiger partial charge is 0.283 e. The number of hydrogen-bond donors (Lipinski definition) is 1. The number of aromatic nitrogens is 4. The molecule has 5 aromatic rings. The molecule has 8 heteroatoms. The molecule has 0 spiro atoms. The summed E-state index contributed by atoms with van der Waals surface area (Å²) in [6.45, 7) is 0. The molecule has 1 N–H and O–H groups in total. The maximum atomic E-state index is 12.9. The van der Waals surface area contributed by atoms with Crippen LogP contribution in [0.15, 0.2) is 96.2 Å². The van der Waals surface area contributed by atoms with Crippen molar-refractivity contribution in [2.75, 3.05) is 5.43 Å². The zero-order valence-electron chi connectivity index (χ0n) is 16.6. The third-order valence-corrected chi connectivity index (χ3v) is 5.25. The van der Waals surface area contributed by atoms with Gasteiger partial charge in [-0.1, -0.05) is 60.1 Å². The lowest BCUT2D eigenvalue weighted by molar-refractivity contribution is 0.101. The van der Waals surface area contributed by atoms with Gasteiger partial charge in [-0.3, -0.25) is 15.0 Å². The van der Waals surface area contributed by atoms with Gasteiger partial charge in [0.25, 0.3) is 11.5 Å². The molecule has 1 amide bonds. The number of amides is 1. The van der Waals surface area contributed by atoms with Crippen LogP contribution < -0.4 is 11.0 Å². The molecule has 0 radical (unpaired) electrons. The van der Waals surface area contributed by atoms with Crippen LogP contribution in [0.1, 0.15) is 10.4 Å². The lowest BCUT2D eigenvalue weighted by atomic mass is 10.0. The molecule has 0 aliphatic heterocycles. The van der Waals surface area contributed by atoms with Gasteiger partial charge in [0.05, 0.1) is 11.9 Å². The first-order valence-electron chi connectivity index (χ1n) is 9.78. The highest BCUT2D eigenvalue weighted by molar-refractivity contribution is 6.30. The summed E-state index contributed by atoms with van der Waals surface area (Å²) in [6, 6.07) is 24.1. The molecule has 0 saturated heterocycles. The van der Waals surface area contributed by atoms with E-state index in [9.17, 15) is 9.59 Å². The average Bonchev–Trinajstić information content (AvgIpc) is 3.26. The number of fused-ring (bicyclic) bond motifs is 1. The molecule has 0 bridgehead atoms. The quantitative estimate of drug-likeness (QED) is 0.451. The SMILES string of the molecule is O=C(Nn1cnc2c(cnn2-c2cccc(Cl)c2)c1=O)c1ccc(-c2ccccc2)cc1. The van der Waals surface area contributed by atoms with Crippen LogP contribution in [0.3, 0.4) is 0 Å². The number of halogens is 1.